The third-order valence-corrected chi connectivity index (χ3v) is 9.00. The van der Waals surface area contributed by atoms with E-state index < -0.39 is 57.9 Å². The summed E-state index contributed by atoms with van der Waals surface area (Å²) in [6.07, 6.45) is 3.28. The molecule has 0 N–H and O–H groups in total. The monoisotopic (exact) mass is 824 g/mol. The summed E-state index contributed by atoms with van der Waals surface area (Å²) in [5, 5.41) is 0.271. The average molecular weight is 821 g/mol. The molecular weight excluding hydrogens is 786 g/mol. The molecule has 0 atom stereocenters. The van der Waals surface area contributed by atoms with Crippen LogP contribution in [0, 0.1) is 11.6 Å². The van der Waals surface area contributed by atoms with Gasteiger partial charge >= 0.3 is 162 Å². The van der Waals surface area contributed by atoms with Gasteiger partial charge in [-0.15, -0.1) is 0 Å². The van der Waals surface area contributed by atoms with Gasteiger partial charge in [-0.25, -0.2) is 9.37 Å². The molecule has 4 rings (SSSR count). The van der Waals surface area contributed by atoms with Gasteiger partial charge in [0, 0.05) is 6.07 Å². The van der Waals surface area contributed by atoms with Crippen molar-refractivity contribution in [3.05, 3.63) is 65.6 Å². The normalized spacial score (nSPS) is 10.8. The zero-order chi connectivity index (χ0) is 26.8. The van der Waals surface area contributed by atoms with Gasteiger partial charge in [0.15, 0.2) is 0 Å². The fourth-order valence-electron chi connectivity index (χ4n) is 2.31. The summed E-state index contributed by atoms with van der Waals surface area (Å²) >= 11 is 2.31. The first-order chi connectivity index (χ1) is 16.2. The van der Waals surface area contributed by atoms with Gasteiger partial charge < -0.3 is 0 Å². The molecule has 188 valence electrons. The van der Waals surface area contributed by atoms with Crippen molar-refractivity contribution in [1.82, 2.24) is 19.9 Å². The van der Waals surface area contributed by atoms with Crippen LogP contribution >= 0.6 is 11.6 Å². The summed E-state index contributed by atoms with van der Waals surface area (Å²) in [5.41, 5.74) is 2.54. The van der Waals surface area contributed by atoms with E-state index >= 15 is 0 Å². The van der Waals surface area contributed by atoms with Crippen molar-refractivity contribution in [2.24, 2.45) is 0 Å². The Kier molecular flexibility index (Phi) is 14.8. The molecule has 0 aliphatic rings. The Hall–Kier alpha value is -0.334. The number of benzene rings is 2. The summed E-state index contributed by atoms with van der Waals surface area (Å²) in [4.78, 5) is 37.7. The van der Waals surface area contributed by atoms with Crippen molar-refractivity contribution in [2.75, 3.05) is 0 Å². The van der Waals surface area contributed by atoms with Gasteiger partial charge in [-0.1, -0.05) is 11.6 Å². The molecule has 2 heterocycles. The van der Waals surface area contributed by atoms with Crippen molar-refractivity contribution in [3.8, 4) is 0 Å². The Labute approximate surface area is 231 Å². The summed E-state index contributed by atoms with van der Waals surface area (Å²) in [6.45, 7) is 0. The molecule has 0 amide bonds. The Bertz CT molecular complexity index is 1170. The Morgan fingerprint density at radius 2 is 1.06 bits per heavy atom. The van der Waals surface area contributed by atoms with Crippen LogP contribution in [0.1, 0.15) is 0 Å². The van der Waals surface area contributed by atoms with Crippen molar-refractivity contribution in [2.45, 2.75) is 44.5 Å². The van der Waals surface area contributed by atoms with Gasteiger partial charge in [0.2, 0.25) is 0 Å². The van der Waals surface area contributed by atoms with Crippen LogP contribution in [-0.4, -0.2) is 77.8 Å². The molecule has 0 aliphatic carbocycles. The molecule has 0 saturated carbocycles. The minimum atomic E-state index is -2.18. The summed E-state index contributed by atoms with van der Waals surface area (Å²) in [5.74, 6) is -0.586. The molecule has 0 aliphatic heterocycles. The third-order valence-electron chi connectivity index (χ3n) is 3.75. The summed E-state index contributed by atoms with van der Waals surface area (Å²) < 4.78 is 26.8. The molecule has 0 spiro atoms. The molecule has 0 unspecified atom stereocenters. The van der Waals surface area contributed by atoms with Gasteiger partial charge in [-0.3, -0.25) is 4.98 Å². The third kappa shape index (κ3) is 13.7. The summed E-state index contributed by atoms with van der Waals surface area (Å²) in [7, 11) is 0. The Morgan fingerprint density at radius 1 is 0.657 bits per heavy atom. The first-order valence-corrected chi connectivity index (χ1v) is 38.7. The van der Waals surface area contributed by atoms with Crippen LogP contribution in [0.15, 0.2) is 48.8 Å². The fourth-order valence-corrected chi connectivity index (χ4v) is 5.04. The Balaban J connectivity index is 0.000000273. The fraction of sp³-hybridized carbons (Fsp3) is 0.360. The van der Waals surface area contributed by atoms with Gasteiger partial charge in [-0.2, -0.15) is 0 Å². The van der Waals surface area contributed by atoms with Crippen LogP contribution in [0.25, 0.3) is 22.1 Å². The second-order valence-corrected chi connectivity index (χ2v) is 41.8. The van der Waals surface area contributed by atoms with Gasteiger partial charge in [0.1, 0.15) is 11.0 Å². The number of aromatic nitrogens is 4. The van der Waals surface area contributed by atoms with Crippen LogP contribution in [0.4, 0.5) is 8.78 Å². The van der Waals surface area contributed by atoms with Crippen molar-refractivity contribution in [1.29, 1.82) is 0 Å². The van der Waals surface area contributed by atoms with E-state index in [0.717, 1.165) is 9.23 Å². The number of hydrogen-bond acceptors (Lipinski definition) is 4. The number of nitrogens with zero attached hydrogens (tertiary/aromatic N) is 4. The predicted molar refractivity (Wildman–Crippen MR) is 154 cm³/mol. The van der Waals surface area contributed by atoms with E-state index in [1.807, 2.05) is 6.20 Å². The van der Waals surface area contributed by atoms with Crippen LogP contribution in [0.5, 0.6) is 0 Å². The molecule has 2 aromatic carbocycles. The minimum absolute atomic E-state index is 0.252. The first-order valence-electron chi connectivity index (χ1n) is 11.2. The molecule has 2 aromatic heterocycles. The molecule has 2 radical (unpaired) electrons. The molecule has 4 aromatic rings. The standard InChI is InChI=1S/C8H4ClFN2.C8H4FN2.9CH3.3Sn/c9-8-4-11-6-2-1-5(10)3-7(6)12-8;9-6-1-2-7-8(5-6)11-4-3-10-7;;;;;;;;;;;;/h1-4H;1-3,5H;9*1H3;;;. The molecule has 35 heavy (non-hydrogen) atoms. The molecular formula is C25H35ClF2N4Sn3. The predicted octanol–water partition coefficient (Wildman–Crippen LogP) is 7.48. The number of fused-ring (bicyclic) bond motifs is 2. The van der Waals surface area contributed by atoms with E-state index in [2.05, 4.69) is 64.4 Å². The molecule has 4 nitrogen and oxygen atoms in total. The van der Waals surface area contributed by atoms with Crippen LogP contribution in [0.2, 0.25) is 49.6 Å². The maximum atomic E-state index is 13.0. The van der Waals surface area contributed by atoms with Crippen molar-refractivity contribution in [3.63, 3.8) is 0 Å². The van der Waals surface area contributed by atoms with Gasteiger partial charge in [0.05, 0.1) is 17.2 Å². The van der Waals surface area contributed by atoms with Crippen LogP contribution in [-0.2, 0) is 0 Å². The molecule has 0 fully saturated rings. The molecule has 10 heteroatoms. The topological polar surface area (TPSA) is 51.6 Å². The quantitative estimate of drug-likeness (QED) is 0.187. The number of hydrogen-bond donors (Lipinski definition) is 0. The van der Waals surface area contributed by atoms with E-state index in [4.69, 9.17) is 11.6 Å². The summed E-state index contributed by atoms with van der Waals surface area (Å²) in [6, 6.07) is 8.73. The first kappa shape index (κ1) is 32.7. The van der Waals surface area contributed by atoms with E-state index in [-0.39, 0.29) is 16.8 Å². The zero-order valence-electron chi connectivity index (χ0n) is 22.0. The van der Waals surface area contributed by atoms with Crippen LogP contribution < -0.4 is 3.71 Å². The Morgan fingerprint density at radius 3 is 1.49 bits per heavy atom. The van der Waals surface area contributed by atoms with Gasteiger partial charge in [-0.05, 0) is 12.1 Å². The van der Waals surface area contributed by atoms with E-state index in [1.54, 1.807) is 12.1 Å². The average Bonchev–Trinajstić information content (AvgIpc) is 2.72. The second-order valence-electron chi connectivity index (χ2n) is 9.96. The maximum absolute atomic E-state index is 13.0. The van der Waals surface area contributed by atoms with Gasteiger partial charge in [0.25, 0.3) is 0 Å². The van der Waals surface area contributed by atoms with Crippen molar-refractivity contribution < 1.29 is 8.78 Å². The molecule has 0 saturated heterocycles. The van der Waals surface area contributed by atoms with E-state index in [0.29, 0.717) is 16.6 Å². The van der Waals surface area contributed by atoms with E-state index in [9.17, 15) is 8.78 Å². The zero-order valence-corrected chi connectivity index (χ0v) is 31.4. The van der Waals surface area contributed by atoms with Crippen LogP contribution in [0.3, 0.4) is 0 Å². The second kappa shape index (κ2) is 15.8. The van der Waals surface area contributed by atoms with Crippen molar-refractivity contribution >= 4 is 95.3 Å². The number of halogens is 3. The molecule has 0 bridgehead atoms. The SMILES string of the molecule is Fc1ccc2ncc(Cl)nc2c1.[CH3][Sn]([CH3])([CH3])[c]1cnc2ccc(F)cc2n1.[CH3][Sn]([CH3])[CH3].[CH3][Sn]([CH3])[CH3]. The van der Waals surface area contributed by atoms with E-state index in [1.165, 1.54) is 30.5 Å². The number of rotatable bonds is 1.